The Morgan fingerprint density at radius 1 is 0.933 bits per heavy atom. The highest BCUT2D eigenvalue weighted by Gasteiger charge is 2.12. The van der Waals surface area contributed by atoms with Gasteiger partial charge in [0.15, 0.2) is 12.4 Å². The van der Waals surface area contributed by atoms with Crippen LogP contribution in [0.1, 0.15) is 16.1 Å². The van der Waals surface area contributed by atoms with Gasteiger partial charge in [0.25, 0.3) is 5.91 Å². The van der Waals surface area contributed by atoms with E-state index in [-0.39, 0.29) is 18.3 Å². The van der Waals surface area contributed by atoms with Crippen molar-refractivity contribution in [3.8, 4) is 22.9 Å². The van der Waals surface area contributed by atoms with Crippen molar-refractivity contribution < 1.29 is 9.53 Å². The lowest BCUT2D eigenvalue weighted by Gasteiger charge is -2.08. The van der Waals surface area contributed by atoms with Crippen molar-refractivity contribution in [1.82, 2.24) is 9.78 Å². The quantitative estimate of drug-likeness (QED) is 0.514. The summed E-state index contributed by atoms with van der Waals surface area (Å²) in [6, 6.07) is 28.4. The number of hydrogen-bond acceptors (Lipinski definition) is 4. The van der Waals surface area contributed by atoms with Gasteiger partial charge in [-0.15, -0.1) is 0 Å². The summed E-state index contributed by atoms with van der Waals surface area (Å²) in [6.45, 7) is 0.173. The number of hydrogen-bond donors (Lipinski definition) is 1. The molecule has 30 heavy (non-hydrogen) atoms. The van der Waals surface area contributed by atoms with Crippen molar-refractivity contribution in [1.29, 1.82) is 5.26 Å². The van der Waals surface area contributed by atoms with E-state index in [2.05, 4.69) is 28.6 Å². The van der Waals surface area contributed by atoms with E-state index in [0.717, 1.165) is 11.1 Å². The Balaban J connectivity index is 1.37. The van der Waals surface area contributed by atoms with Crippen molar-refractivity contribution in [2.24, 2.45) is 0 Å². The van der Waals surface area contributed by atoms with Crippen molar-refractivity contribution in [3.05, 3.63) is 102 Å². The van der Waals surface area contributed by atoms with Gasteiger partial charge in [-0.05, 0) is 41.5 Å². The maximum atomic E-state index is 12.4. The van der Waals surface area contributed by atoms with Crippen LogP contribution in [-0.2, 0) is 6.73 Å². The zero-order chi connectivity index (χ0) is 20.8. The van der Waals surface area contributed by atoms with Crippen LogP contribution >= 0.6 is 0 Å². The molecule has 0 unspecified atom stereocenters. The molecule has 0 aliphatic heterocycles. The van der Waals surface area contributed by atoms with Gasteiger partial charge in [-0.3, -0.25) is 4.79 Å². The summed E-state index contributed by atoms with van der Waals surface area (Å²) in [5, 5.41) is 16.1. The van der Waals surface area contributed by atoms with E-state index in [0.29, 0.717) is 17.0 Å². The number of nitriles is 1. The summed E-state index contributed by atoms with van der Waals surface area (Å²) in [5.41, 5.74) is 3.34. The van der Waals surface area contributed by atoms with Crippen molar-refractivity contribution in [3.63, 3.8) is 0 Å². The maximum Gasteiger partial charge on any atom is 0.276 e. The van der Waals surface area contributed by atoms with E-state index in [1.165, 1.54) is 4.68 Å². The highest BCUT2D eigenvalue weighted by atomic mass is 16.5. The van der Waals surface area contributed by atoms with E-state index >= 15 is 0 Å². The first-order valence-corrected chi connectivity index (χ1v) is 9.35. The molecule has 6 nitrogen and oxygen atoms in total. The van der Waals surface area contributed by atoms with Crippen molar-refractivity contribution >= 4 is 11.6 Å². The average molecular weight is 394 g/mol. The number of rotatable bonds is 6. The molecule has 0 fully saturated rings. The van der Waals surface area contributed by atoms with Crippen LogP contribution in [0.4, 0.5) is 5.69 Å². The number of para-hydroxylation sites is 1. The van der Waals surface area contributed by atoms with Crippen molar-refractivity contribution in [2.45, 2.75) is 6.73 Å². The highest BCUT2D eigenvalue weighted by Crippen LogP contribution is 2.22. The van der Waals surface area contributed by atoms with Gasteiger partial charge in [0.05, 0.1) is 11.3 Å². The van der Waals surface area contributed by atoms with Crippen LogP contribution in [0.2, 0.25) is 0 Å². The van der Waals surface area contributed by atoms with Crippen LogP contribution in [0.25, 0.3) is 11.1 Å². The third kappa shape index (κ3) is 4.37. The predicted octanol–water partition coefficient (Wildman–Crippen LogP) is 4.71. The smallest absolute Gasteiger partial charge is 0.276 e. The summed E-state index contributed by atoms with van der Waals surface area (Å²) in [4.78, 5) is 12.4. The first-order chi connectivity index (χ1) is 14.7. The number of ether oxygens (including phenoxy) is 1. The SMILES string of the molecule is N#Cc1ccccc1NC(=O)c1ccn(COc2ccc(-c3ccccc3)cc2)n1. The largest absolute Gasteiger partial charge is 0.471 e. The van der Waals surface area contributed by atoms with Gasteiger partial charge in [0.1, 0.15) is 11.8 Å². The van der Waals surface area contributed by atoms with Gasteiger partial charge in [-0.25, -0.2) is 4.68 Å². The monoisotopic (exact) mass is 394 g/mol. The number of carbonyl (C=O) groups is 1. The number of carbonyl (C=O) groups excluding carboxylic acids is 1. The normalized spacial score (nSPS) is 10.2. The molecule has 146 valence electrons. The average Bonchev–Trinajstić information content (AvgIpc) is 3.28. The van der Waals surface area contributed by atoms with Gasteiger partial charge in [0.2, 0.25) is 0 Å². The van der Waals surface area contributed by atoms with Crippen LogP contribution in [0, 0.1) is 11.3 Å². The van der Waals surface area contributed by atoms with Crippen LogP contribution < -0.4 is 10.1 Å². The minimum Gasteiger partial charge on any atom is -0.471 e. The molecule has 0 aliphatic rings. The minimum absolute atomic E-state index is 0.173. The Bertz CT molecular complexity index is 1190. The number of amides is 1. The first kappa shape index (κ1) is 19.0. The molecule has 0 bridgehead atoms. The van der Waals surface area contributed by atoms with E-state index in [9.17, 15) is 4.79 Å². The molecule has 0 atom stereocenters. The number of aromatic nitrogens is 2. The Kier molecular flexibility index (Phi) is 5.54. The van der Waals surface area contributed by atoms with Crippen LogP contribution in [0.3, 0.4) is 0 Å². The summed E-state index contributed by atoms with van der Waals surface area (Å²) in [7, 11) is 0. The van der Waals surface area contributed by atoms with E-state index in [1.807, 2.05) is 42.5 Å². The molecular formula is C24H18N4O2. The molecule has 1 heterocycles. The fourth-order valence-corrected chi connectivity index (χ4v) is 2.95. The predicted molar refractivity (Wildman–Crippen MR) is 114 cm³/mol. The third-order valence-electron chi connectivity index (χ3n) is 4.49. The molecule has 1 amide bonds. The molecule has 3 aromatic carbocycles. The second kappa shape index (κ2) is 8.76. The fraction of sp³-hybridized carbons (Fsp3) is 0.0417. The molecule has 0 saturated carbocycles. The molecular weight excluding hydrogens is 376 g/mol. The van der Waals surface area contributed by atoms with Crippen LogP contribution in [-0.4, -0.2) is 15.7 Å². The van der Waals surface area contributed by atoms with Crippen molar-refractivity contribution in [2.75, 3.05) is 5.32 Å². The molecule has 4 aromatic rings. The molecule has 0 saturated heterocycles. The van der Waals surface area contributed by atoms with E-state index in [1.54, 1.807) is 36.5 Å². The number of anilines is 1. The molecule has 4 rings (SSSR count). The van der Waals surface area contributed by atoms with E-state index < -0.39 is 0 Å². The number of nitrogens with one attached hydrogen (secondary N) is 1. The van der Waals surface area contributed by atoms with Gasteiger partial charge in [0, 0.05) is 6.20 Å². The summed E-state index contributed by atoms with van der Waals surface area (Å²) < 4.78 is 7.29. The van der Waals surface area contributed by atoms with Crippen LogP contribution in [0.15, 0.2) is 91.1 Å². The number of nitrogens with zero attached hydrogens (tertiary/aromatic N) is 3. The standard InChI is InChI=1S/C24H18N4O2/c25-16-20-8-4-5-9-22(20)26-24(29)23-14-15-28(27-23)17-30-21-12-10-19(11-13-21)18-6-2-1-3-7-18/h1-15H,17H2,(H,26,29). The first-order valence-electron chi connectivity index (χ1n) is 9.35. The van der Waals surface area contributed by atoms with Gasteiger partial charge < -0.3 is 10.1 Å². The second-order valence-corrected chi connectivity index (χ2v) is 6.52. The molecule has 0 radical (unpaired) electrons. The molecule has 0 spiro atoms. The summed E-state index contributed by atoms with van der Waals surface area (Å²) in [6.07, 6.45) is 1.67. The van der Waals surface area contributed by atoms with Crippen LogP contribution in [0.5, 0.6) is 5.75 Å². The Labute approximate surface area is 174 Å². The summed E-state index contributed by atoms with van der Waals surface area (Å²) in [5.74, 6) is 0.322. The minimum atomic E-state index is -0.385. The topological polar surface area (TPSA) is 79.9 Å². The van der Waals surface area contributed by atoms with Gasteiger partial charge in [-0.2, -0.15) is 10.4 Å². The Morgan fingerprint density at radius 2 is 1.63 bits per heavy atom. The molecule has 0 aliphatic carbocycles. The lowest BCUT2D eigenvalue weighted by Crippen LogP contribution is -2.15. The van der Waals surface area contributed by atoms with E-state index in [4.69, 9.17) is 10.00 Å². The fourth-order valence-electron chi connectivity index (χ4n) is 2.95. The zero-order valence-corrected chi connectivity index (χ0v) is 16.0. The summed E-state index contributed by atoms with van der Waals surface area (Å²) >= 11 is 0. The Hall–Kier alpha value is -4.37. The maximum absolute atomic E-state index is 12.4. The molecule has 1 aromatic heterocycles. The third-order valence-corrected chi connectivity index (χ3v) is 4.49. The zero-order valence-electron chi connectivity index (χ0n) is 16.0. The van der Waals surface area contributed by atoms with Gasteiger partial charge in [-0.1, -0.05) is 54.6 Å². The second-order valence-electron chi connectivity index (χ2n) is 6.52. The molecule has 1 N–H and O–H groups in total. The van der Waals surface area contributed by atoms with Gasteiger partial charge >= 0.3 is 0 Å². The number of benzene rings is 3. The highest BCUT2D eigenvalue weighted by molar-refractivity contribution is 6.03. The molecule has 6 heteroatoms. The lowest BCUT2D eigenvalue weighted by atomic mass is 10.1. The Morgan fingerprint density at radius 3 is 2.40 bits per heavy atom. The lowest BCUT2D eigenvalue weighted by molar-refractivity contribution is 0.102.